The van der Waals surface area contributed by atoms with Crippen LogP contribution in [0.3, 0.4) is 0 Å². The average Bonchev–Trinajstić information content (AvgIpc) is 2.96. The van der Waals surface area contributed by atoms with Gasteiger partial charge in [-0.25, -0.2) is 5.10 Å². The number of nitrogens with one attached hydrogen (secondary N) is 2. The number of hydrogen-bond donors (Lipinski definition) is 2. The Labute approximate surface area is 126 Å². The molecule has 2 aromatic heterocycles. The molecule has 0 unspecified atom stereocenters. The van der Waals surface area contributed by atoms with Gasteiger partial charge in [-0.05, 0) is 19.9 Å². The Bertz CT molecular complexity index is 894. The van der Waals surface area contributed by atoms with Gasteiger partial charge in [0.15, 0.2) is 5.69 Å². The third-order valence-corrected chi connectivity index (χ3v) is 3.30. The Kier molecular flexibility index (Phi) is 3.46. The molecule has 3 rings (SSSR count). The van der Waals surface area contributed by atoms with Gasteiger partial charge < -0.3 is 5.32 Å². The van der Waals surface area contributed by atoms with E-state index in [2.05, 4.69) is 20.6 Å². The highest BCUT2D eigenvalue weighted by Gasteiger charge is 2.15. The lowest BCUT2D eigenvalue weighted by Gasteiger charge is -2.05. The van der Waals surface area contributed by atoms with Gasteiger partial charge in [-0.1, -0.05) is 18.2 Å². The van der Waals surface area contributed by atoms with E-state index in [-0.39, 0.29) is 17.3 Å². The lowest BCUT2D eigenvalue weighted by molar-refractivity contribution is 0.102. The molecule has 0 bridgehead atoms. The highest BCUT2D eigenvalue weighted by atomic mass is 16.2. The number of benzene rings is 1. The lowest BCUT2D eigenvalue weighted by atomic mass is 10.1. The fourth-order valence-electron chi connectivity index (χ4n) is 2.16. The van der Waals surface area contributed by atoms with Crippen LogP contribution in [0.25, 0.3) is 10.8 Å². The minimum Gasteiger partial charge on any atom is -0.318 e. The van der Waals surface area contributed by atoms with Crippen LogP contribution in [0.4, 0.5) is 5.69 Å². The van der Waals surface area contributed by atoms with Crippen molar-refractivity contribution in [2.45, 2.75) is 19.9 Å². The van der Waals surface area contributed by atoms with Crippen LogP contribution in [0.2, 0.25) is 0 Å². The van der Waals surface area contributed by atoms with Crippen molar-refractivity contribution in [2.24, 2.45) is 0 Å². The van der Waals surface area contributed by atoms with E-state index in [0.29, 0.717) is 16.5 Å². The van der Waals surface area contributed by atoms with Gasteiger partial charge in [-0.2, -0.15) is 10.2 Å². The summed E-state index contributed by atoms with van der Waals surface area (Å²) in [5.74, 6) is -0.393. The summed E-state index contributed by atoms with van der Waals surface area (Å²) in [5, 5.41) is 14.1. The van der Waals surface area contributed by atoms with Gasteiger partial charge in [0.2, 0.25) is 0 Å². The minimum atomic E-state index is -0.393. The van der Waals surface area contributed by atoms with Gasteiger partial charge in [0.05, 0.1) is 17.3 Å². The zero-order chi connectivity index (χ0) is 15.7. The van der Waals surface area contributed by atoms with Crippen molar-refractivity contribution in [2.75, 3.05) is 5.32 Å². The number of carbonyl (C=O) groups excluding carboxylic acids is 1. The van der Waals surface area contributed by atoms with Crippen molar-refractivity contribution < 1.29 is 4.79 Å². The van der Waals surface area contributed by atoms with Gasteiger partial charge >= 0.3 is 0 Å². The fourth-order valence-corrected chi connectivity index (χ4v) is 2.16. The third kappa shape index (κ3) is 2.48. The van der Waals surface area contributed by atoms with Gasteiger partial charge in [0, 0.05) is 17.6 Å². The summed E-state index contributed by atoms with van der Waals surface area (Å²) in [5.41, 5.74) is 0.433. The first-order valence-electron chi connectivity index (χ1n) is 6.89. The molecule has 2 N–H and O–H groups in total. The second kappa shape index (κ2) is 5.44. The second-order valence-electron chi connectivity index (χ2n) is 5.20. The maximum Gasteiger partial charge on any atom is 0.276 e. The van der Waals surface area contributed by atoms with Crippen molar-refractivity contribution in [3.63, 3.8) is 0 Å². The smallest absolute Gasteiger partial charge is 0.276 e. The summed E-state index contributed by atoms with van der Waals surface area (Å²) in [6, 6.07) is 7.06. The number of fused-ring (bicyclic) bond motifs is 1. The van der Waals surface area contributed by atoms with Crippen LogP contribution < -0.4 is 10.9 Å². The van der Waals surface area contributed by atoms with E-state index in [4.69, 9.17) is 0 Å². The van der Waals surface area contributed by atoms with E-state index < -0.39 is 5.91 Å². The highest BCUT2D eigenvalue weighted by molar-refractivity contribution is 6.10. The molecule has 0 aliphatic carbocycles. The SMILES string of the molecule is CC(C)n1cc(NC(=O)c2n[nH]c(=O)c3ccccc23)cn1. The molecule has 7 heteroatoms. The number of aromatic nitrogens is 4. The molecule has 0 fully saturated rings. The first-order valence-corrected chi connectivity index (χ1v) is 6.89. The van der Waals surface area contributed by atoms with E-state index in [0.717, 1.165) is 0 Å². The molecular formula is C15H15N5O2. The van der Waals surface area contributed by atoms with Gasteiger partial charge in [0.25, 0.3) is 11.5 Å². The highest BCUT2D eigenvalue weighted by Crippen LogP contribution is 2.15. The normalized spacial score (nSPS) is 11.0. The van der Waals surface area contributed by atoms with E-state index in [1.807, 2.05) is 13.8 Å². The Morgan fingerprint density at radius 3 is 2.68 bits per heavy atom. The van der Waals surface area contributed by atoms with Crippen LogP contribution in [0.15, 0.2) is 41.5 Å². The molecule has 3 aromatic rings. The standard InChI is InChI=1S/C15H15N5O2/c1-9(2)20-8-10(7-16-20)17-15(22)13-11-5-3-4-6-12(11)14(21)19-18-13/h3-9H,1-2H3,(H,17,22)(H,19,21). The summed E-state index contributed by atoms with van der Waals surface area (Å²) in [6.07, 6.45) is 3.32. The van der Waals surface area contributed by atoms with Crippen molar-refractivity contribution >= 4 is 22.4 Å². The first kappa shape index (κ1) is 14.0. The second-order valence-corrected chi connectivity index (χ2v) is 5.20. The number of carbonyl (C=O) groups is 1. The fraction of sp³-hybridized carbons (Fsp3) is 0.200. The maximum atomic E-state index is 12.4. The van der Waals surface area contributed by atoms with Gasteiger partial charge in [-0.15, -0.1) is 0 Å². The van der Waals surface area contributed by atoms with Crippen molar-refractivity contribution in [3.05, 3.63) is 52.7 Å². The predicted octanol–water partition coefficient (Wildman–Crippen LogP) is 1.95. The van der Waals surface area contributed by atoms with E-state index >= 15 is 0 Å². The summed E-state index contributed by atoms with van der Waals surface area (Å²) < 4.78 is 1.74. The van der Waals surface area contributed by atoms with Gasteiger partial charge in [-0.3, -0.25) is 14.3 Å². The molecule has 0 radical (unpaired) electrons. The monoisotopic (exact) mass is 297 g/mol. The summed E-state index contributed by atoms with van der Waals surface area (Å²) in [6.45, 7) is 3.99. The molecule has 1 aromatic carbocycles. The average molecular weight is 297 g/mol. The molecule has 7 nitrogen and oxygen atoms in total. The van der Waals surface area contributed by atoms with E-state index in [1.165, 1.54) is 0 Å². The number of aromatic amines is 1. The van der Waals surface area contributed by atoms with Crippen molar-refractivity contribution in [1.82, 2.24) is 20.0 Å². The zero-order valence-corrected chi connectivity index (χ0v) is 12.2. The summed E-state index contributed by atoms with van der Waals surface area (Å²) >= 11 is 0. The van der Waals surface area contributed by atoms with Crippen LogP contribution in [0, 0.1) is 0 Å². The number of H-pyrrole nitrogens is 1. The molecule has 112 valence electrons. The largest absolute Gasteiger partial charge is 0.318 e. The van der Waals surface area contributed by atoms with Crippen LogP contribution in [-0.4, -0.2) is 25.9 Å². The van der Waals surface area contributed by atoms with Crippen molar-refractivity contribution in [1.29, 1.82) is 0 Å². The predicted molar refractivity (Wildman–Crippen MR) is 82.9 cm³/mol. The van der Waals surface area contributed by atoms with Crippen LogP contribution in [-0.2, 0) is 0 Å². The summed E-state index contributed by atoms with van der Waals surface area (Å²) in [7, 11) is 0. The van der Waals surface area contributed by atoms with E-state index in [9.17, 15) is 9.59 Å². The number of rotatable bonds is 3. The molecule has 0 spiro atoms. The Balaban J connectivity index is 1.95. The molecule has 0 atom stereocenters. The van der Waals surface area contributed by atoms with Crippen LogP contribution >= 0.6 is 0 Å². The molecule has 0 aliphatic rings. The number of amides is 1. The Morgan fingerprint density at radius 1 is 1.27 bits per heavy atom. The van der Waals surface area contributed by atoms with Crippen molar-refractivity contribution in [3.8, 4) is 0 Å². The third-order valence-electron chi connectivity index (χ3n) is 3.30. The lowest BCUT2D eigenvalue weighted by Crippen LogP contribution is -2.19. The topological polar surface area (TPSA) is 92.7 Å². The molecule has 0 saturated heterocycles. The molecular weight excluding hydrogens is 282 g/mol. The van der Waals surface area contributed by atoms with Gasteiger partial charge in [0.1, 0.15) is 0 Å². The number of nitrogens with zero attached hydrogens (tertiary/aromatic N) is 3. The minimum absolute atomic E-state index is 0.174. The number of hydrogen-bond acceptors (Lipinski definition) is 4. The summed E-state index contributed by atoms with van der Waals surface area (Å²) in [4.78, 5) is 24.1. The molecule has 2 heterocycles. The molecule has 22 heavy (non-hydrogen) atoms. The van der Waals surface area contributed by atoms with E-state index in [1.54, 1.807) is 41.3 Å². The molecule has 0 saturated carbocycles. The van der Waals surface area contributed by atoms with Crippen LogP contribution in [0.5, 0.6) is 0 Å². The Morgan fingerprint density at radius 2 is 2.00 bits per heavy atom. The van der Waals surface area contributed by atoms with Crippen LogP contribution in [0.1, 0.15) is 30.4 Å². The number of anilines is 1. The molecule has 1 amide bonds. The Hall–Kier alpha value is -2.96. The first-order chi connectivity index (χ1) is 10.6. The quantitative estimate of drug-likeness (QED) is 0.772. The maximum absolute atomic E-state index is 12.4. The molecule has 0 aliphatic heterocycles. The zero-order valence-electron chi connectivity index (χ0n) is 12.2.